The van der Waals surface area contributed by atoms with E-state index in [-0.39, 0.29) is 0 Å². The maximum absolute atomic E-state index is 4.64. The molecule has 0 bridgehead atoms. The van der Waals surface area contributed by atoms with Crippen LogP contribution in [0, 0.1) is 6.92 Å². The van der Waals surface area contributed by atoms with Gasteiger partial charge in [-0.3, -0.25) is 9.97 Å². The fourth-order valence-electron chi connectivity index (χ4n) is 2.71. The highest BCUT2D eigenvalue weighted by molar-refractivity contribution is 5.93. The second kappa shape index (κ2) is 6.12. The summed E-state index contributed by atoms with van der Waals surface area (Å²) < 4.78 is 0. The van der Waals surface area contributed by atoms with Gasteiger partial charge >= 0.3 is 0 Å². The summed E-state index contributed by atoms with van der Waals surface area (Å²) in [7, 11) is 0. The van der Waals surface area contributed by atoms with Gasteiger partial charge in [0.05, 0.1) is 17.9 Å². The largest absolute Gasteiger partial charge is 0.364 e. The fourth-order valence-corrected chi connectivity index (χ4v) is 2.71. The minimum atomic E-state index is 0.626. The van der Waals surface area contributed by atoms with Crippen LogP contribution < -0.4 is 5.32 Å². The first-order chi connectivity index (χ1) is 11.8. The van der Waals surface area contributed by atoms with Gasteiger partial charge in [0.2, 0.25) is 0 Å². The van der Waals surface area contributed by atoms with Crippen molar-refractivity contribution < 1.29 is 0 Å². The SMILES string of the molecule is Cc1ccnc(-c2cc(NCc3ccccn3)nc3[nH]ccc23)c1. The van der Waals surface area contributed by atoms with E-state index < -0.39 is 0 Å². The molecule has 0 aliphatic rings. The van der Waals surface area contributed by atoms with Gasteiger partial charge in [-0.15, -0.1) is 0 Å². The molecule has 0 spiro atoms. The van der Waals surface area contributed by atoms with E-state index in [1.807, 2.05) is 48.8 Å². The molecule has 5 heteroatoms. The Kier molecular flexibility index (Phi) is 3.67. The van der Waals surface area contributed by atoms with Gasteiger partial charge in [0.25, 0.3) is 0 Å². The van der Waals surface area contributed by atoms with E-state index in [4.69, 9.17) is 0 Å². The van der Waals surface area contributed by atoms with Crippen molar-refractivity contribution in [3.8, 4) is 11.3 Å². The number of aromatic nitrogens is 4. The number of hydrogen-bond acceptors (Lipinski definition) is 4. The number of aryl methyl sites for hydroxylation is 1. The summed E-state index contributed by atoms with van der Waals surface area (Å²) in [5, 5.41) is 4.41. The van der Waals surface area contributed by atoms with Crippen LogP contribution in [-0.4, -0.2) is 19.9 Å². The van der Waals surface area contributed by atoms with Crippen LogP contribution in [0.5, 0.6) is 0 Å². The van der Waals surface area contributed by atoms with Gasteiger partial charge in [-0.05, 0) is 48.9 Å². The zero-order valence-corrected chi connectivity index (χ0v) is 13.3. The highest BCUT2D eigenvalue weighted by Crippen LogP contribution is 2.29. The molecule has 24 heavy (non-hydrogen) atoms. The highest BCUT2D eigenvalue weighted by Gasteiger charge is 2.10. The van der Waals surface area contributed by atoms with Crippen molar-refractivity contribution in [2.24, 2.45) is 0 Å². The number of nitrogens with one attached hydrogen (secondary N) is 2. The van der Waals surface area contributed by atoms with Gasteiger partial charge in [0.15, 0.2) is 0 Å². The van der Waals surface area contributed by atoms with Crippen LogP contribution in [0.4, 0.5) is 5.82 Å². The molecule has 2 N–H and O–H groups in total. The molecule has 0 aliphatic heterocycles. The Morgan fingerprint density at radius 1 is 1.04 bits per heavy atom. The monoisotopic (exact) mass is 315 g/mol. The second-order valence-electron chi connectivity index (χ2n) is 5.69. The Labute approximate surface area is 139 Å². The van der Waals surface area contributed by atoms with E-state index >= 15 is 0 Å². The number of pyridine rings is 3. The predicted octanol–water partition coefficient (Wildman–Crippen LogP) is 3.94. The third kappa shape index (κ3) is 2.84. The molecule has 0 saturated carbocycles. The Morgan fingerprint density at radius 3 is 2.83 bits per heavy atom. The van der Waals surface area contributed by atoms with Crippen LogP contribution in [0.2, 0.25) is 0 Å². The van der Waals surface area contributed by atoms with E-state index in [9.17, 15) is 0 Å². The molecule has 0 amide bonds. The number of nitrogens with zero attached hydrogens (tertiary/aromatic N) is 3. The molecule has 0 aliphatic carbocycles. The summed E-state index contributed by atoms with van der Waals surface area (Å²) in [6.07, 6.45) is 5.53. The molecular formula is C19H17N5. The van der Waals surface area contributed by atoms with Gasteiger partial charge in [0.1, 0.15) is 11.5 Å². The Hall–Kier alpha value is -3.21. The van der Waals surface area contributed by atoms with Crippen molar-refractivity contribution in [2.45, 2.75) is 13.5 Å². The van der Waals surface area contributed by atoms with Crippen molar-refractivity contribution in [1.82, 2.24) is 19.9 Å². The molecule has 0 fully saturated rings. The molecule has 4 rings (SSSR count). The van der Waals surface area contributed by atoms with Crippen LogP contribution in [-0.2, 0) is 6.54 Å². The summed E-state index contributed by atoms with van der Waals surface area (Å²) in [5.74, 6) is 0.800. The molecule has 4 aromatic heterocycles. The first-order valence-corrected chi connectivity index (χ1v) is 7.84. The number of aromatic amines is 1. The van der Waals surface area contributed by atoms with Gasteiger partial charge in [-0.2, -0.15) is 0 Å². The lowest BCUT2D eigenvalue weighted by atomic mass is 10.1. The normalized spacial score (nSPS) is 10.9. The van der Waals surface area contributed by atoms with Crippen molar-refractivity contribution in [3.63, 3.8) is 0 Å². The highest BCUT2D eigenvalue weighted by atomic mass is 15.0. The van der Waals surface area contributed by atoms with E-state index in [2.05, 4.69) is 38.2 Å². The zero-order valence-electron chi connectivity index (χ0n) is 13.3. The predicted molar refractivity (Wildman–Crippen MR) is 95.6 cm³/mol. The standard InChI is InChI=1S/C19H17N5/c1-13-5-8-21-17(10-13)16-11-18(24-19-15(16)6-9-22-19)23-12-14-4-2-3-7-20-14/h2-11H,12H2,1H3,(H2,22,23,24). The van der Waals surface area contributed by atoms with Crippen LogP contribution in [0.25, 0.3) is 22.3 Å². The van der Waals surface area contributed by atoms with E-state index in [1.165, 1.54) is 5.56 Å². The van der Waals surface area contributed by atoms with E-state index in [1.54, 1.807) is 6.20 Å². The van der Waals surface area contributed by atoms with Crippen molar-refractivity contribution in [1.29, 1.82) is 0 Å². The second-order valence-corrected chi connectivity index (χ2v) is 5.69. The topological polar surface area (TPSA) is 66.5 Å². The number of hydrogen-bond donors (Lipinski definition) is 2. The lowest BCUT2D eigenvalue weighted by molar-refractivity contribution is 1.03. The van der Waals surface area contributed by atoms with Gasteiger partial charge < -0.3 is 10.3 Å². The third-order valence-electron chi connectivity index (χ3n) is 3.90. The summed E-state index contributed by atoms with van der Waals surface area (Å²) in [6, 6.07) is 14.0. The van der Waals surface area contributed by atoms with Crippen molar-refractivity contribution in [3.05, 3.63) is 72.3 Å². The summed E-state index contributed by atoms with van der Waals surface area (Å²) >= 11 is 0. The number of anilines is 1. The lowest BCUT2D eigenvalue weighted by Gasteiger charge is -2.09. The molecule has 118 valence electrons. The summed E-state index contributed by atoms with van der Waals surface area (Å²) in [6.45, 7) is 2.70. The molecule has 0 aromatic carbocycles. The van der Waals surface area contributed by atoms with Crippen molar-refractivity contribution in [2.75, 3.05) is 5.32 Å². The molecule has 0 unspecified atom stereocenters. The summed E-state index contributed by atoms with van der Waals surface area (Å²) in [4.78, 5) is 16.7. The average molecular weight is 315 g/mol. The van der Waals surface area contributed by atoms with Crippen LogP contribution in [0.3, 0.4) is 0 Å². The molecular weight excluding hydrogens is 298 g/mol. The minimum Gasteiger partial charge on any atom is -0.364 e. The fraction of sp³-hybridized carbons (Fsp3) is 0.105. The maximum atomic E-state index is 4.64. The first kappa shape index (κ1) is 14.4. The summed E-state index contributed by atoms with van der Waals surface area (Å²) in [5.41, 5.74) is 5.01. The molecule has 0 saturated heterocycles. The number of rotatable bonds is 4. The van der Waals surface area contributed by atoms with Crippen LogP contribution in [0.1, 0.15) is 11.3 Å². The van der Waals surface area contributed by atoms with Crippen LogP contribution >= 0.6 is 0 Å². The molecule has 0 atom stereocenters. The van der Waals surface area contributed by atoms with Crippen LogP contribution in [0.15, 0.2) is 61.1 Å². The first-order valence-electron chi connectivity index (χ1n) is 7.84. The van der Waals surface area contributed by atoms with E-state index in [0.29, 0.717) is 6.54 Å². The quantitative estimate of drug-likeness (QED) is 0.598. The Morgan fingerprint density at radius 2 is 2.00 bits per heavy atom. The molecule has 4 aromatic rings. The van der Waals surface area contributed by atoms with Crippen molar-refractivity contribution >= 4 is 16.9 Å². The smallest absolute Gasteiger partial charge is 0.140 e. The zero-order chi connectivity index (χ0) is 16.4. The van der Waals surface area contributed by atoms with Gasteiger partial charge in [-0.25, -0.2) is 4.98 Å². The molecule has 4 heterocycles. The average Bonchev–Trinajstić information content (AvgIpc) is 3.08. The van der Waals surface area contributed by atoms with E-state index in [0.717, 1.165) is 33.8 Å². The lowest BCUT2D eigenvalue weighted by Crippen LogP contribution is -2.03. The maximum Gasteiger partial charge on any atom is 0.140 e. The molecule has 0 radical (unpaired) electrons. The molecule has 5 nitrogen and oxygen atoms in total. The van der Waals surface area contributed by atoms with Gasteiger partial charge in [-0.1, -0.05) is 6.07 Å². The third-order valence-corrected chi connectivity index (χ3v) is 3.90. The Bertz CT molecular complexity index is 975. The number of fused-ring (bicyclic) bond motifs is 1. The number of H-pyrrole nitrogens is 1. The van der Waals surface area contributed by atoms with Gasteiger partial charge in [0, 0.05) is 29.5 Å². The Balaban J connectivity index is 1.72. The minimum absolute atomic E-state index is 0.626.